The lowest BCUT2D eigenvalue weighted by atomic mass is 10.0. The predicted molar refractivity (Wildman–Crippen MR) is 74.4 cm³/mol. The molecule has 0 N–H and O–H groups in total. The molecule has 90 valence electrons. The summed E-state index contributed by atoms with van der Waals surface area (Å²) in [6, 6.07) is 5.42. The molecule has 0 unspecified atom stereocenters. The van der Waals surface area contributed by atoms with E-state index in [0.29, 0.717) is 16.3 Å². The van der Waals surface area contributed by atoms with Gasteiger partial charge < -0.3 is 0 Å². The minimum Gasteiger partial charge on any atom is -0.289 e. The molecule has 0 radical (unpaired) electrons. The average Bonchev–Trinajstić information content (AvgIpc) is 2.86. The van der Waals surface area contributed by atoms with E-state index in [-0.39, 0.29) is 5.78 Å². The normalized spacial score (nSPS) is 16.9. The Morgan fingerprint density at radius 2 is 2.28 bits per heavy atom. The first-order chi connectivity index (χ1) is 8.74. The maximum Gasteiger partial charge on any atom is 0.191 e. The number of rotatable bonds is 1. The molecule has 0 fully saturated rings. The van der Waals surface area contributed by atoms with Crippen molar-refractivity contribution in [2.24, 2.45) is 0 Å². The lowest BCUT2D eigenvalue weighted by Crippen LogP contribution is -2.12. The van der Waals surface area contributed by atoms with Gasteiger partial charge in [-0.25, -0.2) is 0 Å². The van der Waals surface area contributed by atoms with Crippen molar-refractivity contribution in [1.82, 2.24) is 9.59 Å². The molecule has 6 heteroatoms. The summed E-state index contributed by atoms with van der Waals surface area (Å²) >= 11 is 8.84. The van der Waals surface area contributed by atoms with E-state index < -0.39 is 0 Å². The Morgan fingerprint density at radius 1 is 1.39 bits per heavy atom. The fraction of sp³-hybridized carbons (Fsp3) is 0.0833. The summed E-state index contributed by atoms with van der Waals surface area (Å²) in [5, 5.41) is 6.32. The highest BCUT2D eigenvalue weighted by Crippen LogP contribution is 2.34. The van der Waals surface area contributed by atoms with E-state index in [9.17, 15) is 4.79 Å². The Hall–Kier alpha value is -1.17. The van der Waals surface area contributed by atoms with Crippen molar-refractivity contribution in [2.75, 3.05) is 5.75 Å². The number of ketones is 1. The number of thioether (sulfide) groups is 1. The molecule has 1 aromatic carbocycles. The summed E-state index contributed by atoms with van der Waals surface area (Å²) in [5.41, 5.74) is 2.14. The Labute approximate surface area is 117 Å². The highest BCUT2D eigenvalue weighted by molar-refractivity contribution is 7.99. The highest BCUT2D eigenvalue weighted by atomic mass is 35.5. The van der Waals surface area contributed by atoms with Crippen molar-refractivity contribution in [3.63, 3.8) is 0 Å². The summed E-state index contributed by atoms with van der Waals surface area (Å²) in [6.07, 6.45) is 1.79. The van der Waals surface area contributed by atoms with Gasteiger partial charge in [-0.1, -0.05) is 16.1 Å². The van der Waals surface area contributed by atoms with Gasteiger partial charge in [0.05, 0.1) is 5.69 Å². The van der Waals surface area contributed by atoms with Crippen molar-refractivity contribution in [2.45, 2.75) is 4.90 Å². The van der Waals surface area contributed by atoms with Crippen LogP contribution in [0.5, 0.6) is 0 Å². The first-order valence-electron chi connectivity index (χ1n) is 5.19. The number of benzene rings is 1. The average molecular weight is 295 g/mol. The van der Waals surface area contributed by atoms with Gasteiger partial charge in [0.2, 0.25) is 0 Å². The van der Waals surface area contributed by atoms with Crippen LogP contribution in [0.15, 0.2) is 34.0 Å². The van der Waals surface area contributed by atoms with Crippen molar-refractivity contribution in [3.05, 3.63) is 45.4 Å². The lowest BCUT2D eigenvalue weighted by molar-refractivity contribution is 0.103. The van der Waals surface area contributed by atoms with Crippen LogP contribution in [0.2, 0.25) is 5.02 Å². The lowest BCUT2D eigenvalue weighted by Gasteiger charge is -2.16. The number of hydrogen-bond acceptors (Lipinski definition) is 5. The quantitative estimate of drug-likeness (QED) is 0.754. The summed E-state index contributed by atoms with van der Waals surface area (Å²) in [6.45, 7) is 0. The highest BCUT2D eigenvalue weighted by Gasteiger charge is 2.22. The molecular weight excluding hydrogens is 288 g/mol. The van der Waals surface area contributed by atoms with Crippen LogP contribution >= 0.6 is 34.9 Å². The van der Waals surface area contributed by atoms with Gasteiger partial charge in [0.1, 0.15) is 0 Å². The number of fused-ring (bicyclic) bond motifs is 1. The van der Waals surface area contributed by atoms with Crippen LogP contribution < -0.4 is 0 Å². The van der Waals surface area contributed by atoms with E-state index in [1.54, 1.807) is 30.0 Å². The summed E-state index contributed by atoms with van der Waals surface area (Å²) in [7, 11) is 0. The number of Topliss-reactive ketones (excluding diaryl/α,β-unsaturated/α-hetero) is 1. The number of carbonyl (C=O) groups excluding carboxylic acids is 1. The molecule has 1 aliphatic rings. The SMILES string of the molecule is O=C1/C(=C\c2csnn2)CSc2ccc(Cl)cc21. The third-order valence-electron chi connectivity index (χ3n) is 2.56. The molecule has 3 nitrogen and oxygen atoms in total. The Kier molecular flexibility index (Phi) is 3.20. The molecule has 0 bridgehead atoms. The second-order valence-electron chi connectivity index (χ2n) is 3.76. The van der Waals surface area contributed by atoms with Gasteiger partial charge in [-0.05, 0) is 35.8 Å². The number of aromatic nitrogens is 2. The molecule has 0 saturated carbocycles. The predicted octanol–water partition coefficient (Wildman–Crippen LogP) is 3.56. The first kappa shape index (κ1) is 11.9. The van der Waals surface area contributed by atoms with Gasteiger partial charge in [-0.3, -0.25) is 4.79 Å². The van der Waals surface area contributed by atoms with Crippen LogP contribution in [0.4, 0.5) is 0 Å². The second kappa shape index (κ2) is 4.84. The topological polar surface area (TPSA) is 42.9 Å². The van der Waals surface area contributed by atoms with E-state index in [0.717, 1.165) is 16.2 Å². The van der Waals surface area contributed by atoms with Crippen LogP contribution in [-0.2, 0) is 0 Å². The first-order valence-corrected chi connectivity index (χ1v) is 7.39. The molecule has 0 saturated heterocycles. The summed E-state index contributed by atoms with van der Waals surface area (Å²) < 4.78 is 3.78. The van der Waals surface area contributed by atoms with Crippen LogP contribution in [0.3, 0.4) is 0 Å². The number of hydrogen-bond donors (Lipinski definition) is 0. The minimum atomic E-state index is 0.0271. The maximum atomic E-state index is 12.3. The molecule has 0 spiro atoms. The zero-order chi connectivity index (χ0) is 12.5. The zero-order valence-electron chi connectivity index (χ0n) is 9.09. The molecule has 0 aliphatic carbocycles. The van der Waals surface area contributed by atoms with E-state index in [1.165, 1.54) is 11.5 Å². The molecule has 2 heterocycles. The molecule has 1 aromatic heterocycles. The van der Waals surface area contributed by atoms with E-state index in [4.69, 9.17) is 11.6 Å². The molecular formula is C12H7ClN2OS2. The van der Waals surface area contributed by atoms with E-state index >= 15 is 0 Å². The molecule has 18 heavy (non-hydrogen) atoms. The van der Waals surface area contributed by atoms with Crippen LogP contribution in [0.1, 0.15) is 16.1 Å². The smallest absolute Gasteiger partial charge is 0.191 e. The standard InChI is InChI=1S/C12H7ClN2OS2/c13-8-1-2-11-10(4-8)12(16)7(5-17-11)3-9-6-18-15-14-9/h1-4,6H,5H2/b7-3-. The molecule has 0 amide bonds. The van der Waals surface area contributed by atoms with Crippen LogP contribution in [0, 0.1) is 0 Å². The van der Waals surface area contributed by atoms with Gasteiger partial charge in [-0.15, -0.1) is 16.9 Å². The molecule has 3 rings (SSSR count). The van der Waals surface area contributed by atoms with Crippen LogP contribution in [0.25, 0.3) is 6.08 Å². The van der Waals surface area contributed by atoms with Gasteiger partial charge in [0.15, 0.2) is 5.78 Å². The summed E-state index contributed by atoms with van der Waals surface area (Å²) in [5.74, 6) is 0.685. The van der Waals surface area contributed by atoms with Crippen molar-refractivity contribution < 1.29 is 4.79 Å². The van der Waals surface area contributed by atoms with Crippen molar-refractivity contribution in [1.29, 1.82) is 0 Å². The summed E-state index contributed by atoms with van der Waals surface area (Å²) in [4.78, 5) is 13.3. The number of carbonyl (C=O) groups is 1. The van der Waals surface area contributed by atoms with Gasteiger partial charge in [0.25, 0.3) is 0 Å². The largest absolute Gasteiger partial charge is 0.289 e. The zero-order valence-corrected chi connectivity index (χ0v) is 11.5. The van der Waals surface area contributed by atoms with Gasteiger partial charge in [-0.2, -0.15) is 0 Å². The third-order valence-corrected chi connectivity index (χ3v) is 4.44. The van der Waals surface area contributed by atoms with Crippen LogP contribution in [-0.4, -0.2) is 21.1 Å². The Bertz CT molecular complexity index is 638. The monoisotopic (exact) mass is 294 g/mol. The second-order valence-corrected chi connectivity index (χ2v) is 5.82. The molecule has 0 atom stereocenters. The van der Waals surface area contributed by atoms with E-state index in [2.05, 4.69) is 9.59 Å². The molecule has 2 aromatic rings. The van der Waals surface area contributed by atoms with Gasteiger partial charge in [0, 0.05) is 32.2 Å². The Balaban J connectivity index is 2.01. The van der Waals surface area contributed by atoms with Gasteiger partial charge >= 0.3 is 0 Å². The van der Waals surface area contributed by atoms with E-state index in [1.807, 2.05) is 11.4 Å². The third kappa shape index (κ3) is 2.21. The fourth-order valence-electron chi connectivity index (χ4n) is 1.72. The fourth-order valence-corrected chi connectivity index (χ4v) is 3.30. The minimum absolute atomic E-state index is 0.0271. The van der Waals surface area contributed by atoms with Crippen molar-refractivity contribution in [3.8, 4) is 0 Å². The Morgan fingerprint density at radius 3 is 3.06 bits per heavy atom. The molecule has 1 aliphatic heterocycles. The maximum absolute atomic E-state index is 12.3. The van der Waals surface area contributed by atoms with Crippen molar-refractivity contribution >= 4 is 46.8 Å². The number of halogens is 1. The number of nitrogens with zero attached hydrogens (tertiary/aromatic N) is 2.